The van der Waals surface area contributed by atoms with Gasteiger partial charge in [0.1, 0.15) is 0 Å². The normalized spacial score (nSPS) is 18.5. The Morgan fingerprint density at radius 2 is 1.76 bits per heavy atom. The van der Waals surface area contributed by atoms with Crippen molar-refractivity contribution in [2.45, 2.75) is 38.0 Å². The quantitative estimate of drug-likeness (QED) is 0.855. The van der Waals surface area contributed by atoms with E-state index in [2.05, 4.69) is 12.2 Å². The predicted octanol–water partition coefficient (Wildman–Crippen LogP) is 4.41. The molecule has 1 aliphatic carbocycles. The minimum Gasteiger partial charge on any atom is -0.316 e. The van der Waals surface area contributed by atoms with Crippen molar-refractivity contribution >= 4 is 23.2 Å². The number of nitrogens with one attached hydrogen (secondary N) is 1. The van der Waals surface area contributed by atoms with Crippen LogP contribution in [0.2, 0.25) is 10.0 Å². The fourth-order valence-corrected chi connectivity index (χ4v) is 3.73. The van der Waals surface area contributed by atoms with Crippen molar-refractivity contribution in [2.75, 3.05) is 13.1 Å². The van der Waals surface area contributed by atoms with Crippen LogP contribution in [-0.2, 0) is 5.41 Å². The summed E-state index contributed by atoms with van der Waals surface area (Å²) in [6.45, 7) is 4.10. The zero-order valence-electron chi connectivity index (χ0n) is 10.2. The molecule has 0 unspecified atom stereocenters. The van der Waals surface area contributed by atoms with Gasteiger partial charge in [0.2, 0.25) is 0 Å². The first-order valence-corrected chi connectivity index (χ1v) is 7.10. The molecular weight excluding hydrogens is 253 g/mol. The van der Waals surface area contributed by atoms with Crippen molar-refractivity contribution < 1.29 is 0 Å². The monoisotopic (exact) mass is 271 g/mol. The Bertz CT molecular complexity index is 364. The number of rotatable bonds is 4. The summed E-state index contributed by atoms with van der Waals surface area (Å²) in [6.07, 6.45) is 4.91. The van der Waals surface area contributed by atoms with Crippen LogP contribution in [0.5, 0.6) is 0 Å². The van der Waals surface area contributed by atoms with E-state index in [1.807, 2.05) is 18.2 Å². The van der Waals surface area contributed by atoms with Crippen LogP contribution < -0.4 is 5.32 Å². The molecule has 0 bridgehead atoms. The lowest BCUT2D eigenvalue weighted by molar-refractivity contribution is 0.410. The molecule has 0 heterocycles. The van der Waals surface area contributed by atoms with Gasteiger partial charge in [0.25, 0.3) is 0 Å². The van der Waals surface area contributed by atoms with E-state index in [-0.39, 0.29) is 5.41 Å². The molecule has 1 N–H and O–H groups in total. The Balaban J connectivity index is 2.38. The van der Waals surface area contributed by atoms with E-state index in [1.54, 1.807) is 0 Å². The second kappa shape index (κ2) is 5.60. The van der Waals surface area contributed by atoms with E-state index in [0.29, 0.717) is 0 Å². The SMILES string of the molecule is CCNCC1(c2c(Cl)cccc2Cl)CCCC1. The number of hydrogen-bond donors (Lipinski definition) is 1. The Morgan fingerprint density at radius 1 is 1.18 bits per heavy atom. The molecule has 1 saturated carbocycles. The van der Waals surface area contributed by atoms with Crippen molar-refractivity contribution in [3.8, 4) is 0 Å². The van der Waals surface area contributed by atoms with Gasteiger partial charge in [-0.25, -0.2) is 0 Å². The van der Waals surface area contributed by atoms with Gasteiger partial charge in [-0.3, -0.25) is 0 Å². The lowest BCUT2D eigenvalue weighted by Crippen LogP contribution is -2.36. The fourth-order valence-electron chi connectivity index (χ4n) is 2.94. The maximum Gasteiger partial charge on any atom is 0.0459 e. The van der Waals surface area contributed by atoms with Crippen molar-refractivity contribution in [1.29, 1.82) is 0 Å². The molecule has 3 heteroatoms. The molecule has 0 aliphatic heterocycles. The Labute approximate surface area is 114 Å². The molecule has 0 atom stereocenters. The molecule has 17 heavy (non-hydrogen) atoms. The van der Waals surface area contributed by atoms with Gasteiger partial charge in [-0.05, 0) is 37.1 Å². The summed E-state index contributed by atoms with van der Waals surface area (Å²) >= 11 is 12.7. The maximum absolute atomic E-state index is 6.37. The highest BCUT2D eigenvalue weighted by Crippen LogP contribution is 2.46. The standard InChI is InChI=1S/C14H19Cl2N/c1-2-17-10-14(8-3-4-9-14)13-11(15)6-5-7-12(13)16/h5-7,17H,2-4,8-10H2,1H3. The van der Waals surface area contributed by atoms with E-state index >= 15 is 0 Å². The third-order valence-electron chi connectivity index (χ3n) is 3.77. The van der Waals surface area contributed by atoms with Crippen molar-refractivity contribution in [2.24, 2.45) is 0 Å². The van der Waals surface area contributed by atoms with Gasteiger partial charge < -0.3 is 5.32 Å². The molecule has 1 fully saturated rings. The lowest BCUT2D eigenvalue weighted by Gasteiger charge is -2.31. The molecule has 1 nitrogen and oxygen atoms in total. The van der Waals surface area contributed by atoms with E-state index < -0.39 is 0 Å². The van der Waals surface area contributed by atoms with Crippen molar-refractivity contribution in [1.82, 2.24) is 5.32 Å². The summed E-state index contributed by atoms with van der Waals surface area (Å²) in [7, 11) is 0. The number of halogens is 2. The zero-order chi connectivity index (χ0) is 12.3. The smallest absolute Gasteiger partial charge is 0.0459 e. The summed E-state index contributed by atoms with van der Waals surface area (Å²) in [6, 6.07) is 5.83. The van der Waals surface area contributed by atoms with Crippen molar-refractivity contribution in [3.05, 3.63) is 33.8 Å². The Kier molecular flexibility index (Phi) is 4.35. The van der Waals surface area contributed by atoms with Crippen LogP contribution in [-0.4, -0.2) is 13.1 Å². The van der Waals surface area contributed by atoms with E-state index in [9.17, 15) is 0 Å². The molecule has 1 aliphatic rings. The van der Waals surface area contributed by atoms with Crippen LogP contribution in [0.4, 0.5) is 0 Å². The Morgan fingerprint density at radius 3 is 2.29 bits per heavy atom. The van der Waals surface area contributed by atoms with Crippen LogP contribution in [0.3, 0.4) is 0 Å². The molecule has 1 aromatic carbocycles. The van der Waals surface area contributed by atoms with Gasteiger partial charge in [0.15, 0.2) is 0 Å². The fraction of sp³-hybridized carbons (Fsp3) is 0.571. The average molecular weight is 272 g/mol. The first-order chi connectivity index (χ1) is 8.19. The van der Waals surface area contributed by atoms with E-state index in [0.717, 1.165) is 28.7 Å². The molecule has 0 radical (unpaired) electrons. The van der Waals surface area contributed by atoms with Crippen LogP contribution in [0.15, 0.2) is 18.2 Å². The highest BCUT2D eigenvalue weighted by Gasteiger charge is 2.38. The van der Waals surface area contributed by atoms with Crippen LogP contribution in [0.25, 0.3) is 0 Å². The first-order valence-electron chi connectivity index (χ1n) is 6.35. The number of likely N-dealkylation sites (N-methyl/N-ethyl adjacent to an activating group) is 1. The molecular formula is C14H19Cl2N. The van der Waals surface area contributed by atoms with Crippen LogP contribution >= 0.6 is 23.2 Å². The number of hydrogen-bond acceptors (Lipinski definition) is 1. The van der Waals surface area contributed by atoms with Gasteiger partial charge in [0.05, 0.1) is 0 Å². The number of benzene rings is 1. The average Bonchev–Trinajstić information content (AvgIpc) is 2.76. The predicted molar refractivity (Wildman–Crippen MR) is 75.2 cm³/mol. The summed E-state index contributed by atoms with van der Waals surface area (Å²) < 4.78 is 0. The van der Waals surface area contributed by atoms with Gasteiger partial charge in [-0.15, -0.1) is 0 Å². The largest absolute Gasteiger partial charge is 0.316 e. The molecule has 0 spiro atoms. The topological polar surface area (TPSA) is 12.0 Å². The van der Waals surface area contributed by atoms with E-state index in [1.165, 1.54) is 25.7 Å². The zero-order valence-corrected chi connectivity index (χ0v) is 11.7. The summed E-state index contributed by atoms with van der Waals surface area (Å²) in [4.78, 5) is 0. The van der Waals surface area contributed by atoms with Gasteiger partial charge >= 0.3 is 0 Å². The third kappa shape index (κ3) is 2.62. The minimum atomic E-state index is 0.144. The van der Waals surface area contributed by atoms with Gasteiger partial charge in [-0.2, -0.15) is 0 Å². The highest BCUT2D eigenvalue weighted by atomic mass is 35.5. The van der Waals surface area contributed by atoms with Crippen LogP contribution in [0, 0.1) is 0 Å². The first kappa shape index (κ1) is 13.2. The molecule has 1 aromatic rings. The molecule has 0 aromatic heterocycles. The van der Waals surface area contributed by atoms with Crippen molar-refractivity contribution in [3.63, 3.8) is 0 Å². The molecule has 0 amide bonds. The van der Waals surface area contributed by atoms with Gasteiger partial charge in [-0.1, -0.05) is 49.0 Å². The summed E-state index contributed by atoms with van der Waals surface area (Å²) in [5, 5.41) is 5.10. The maximum atomic E-state index is 6.37. The van der Waals surface area contributed by atoms with Gasteiger partial charge in [0, 0.05) is 22.0 Å². The second-order valence-corrected chi connectivity index (χ2v) is 5.68. The van der Waals surface area contributed by atoms with Crippen LogP contribution in [0.1, 0.15) is 38.2 Å². The molecule has 94 valence electrons. The summed E-state index contributed by atoms with van der Waals surface area (Å²) in [5.41, 5.74) is 1.30. The van der Waals surface area contributed by atoms with E-state index in [4.69, 9.17) is 23.2 Å². The second-order valence-electron chi connectivity index (χ2n) is 4.86. The minimum absolute atomic E-state index is 0.144. The highest BCUT2D eigenvalue weighted by molar-refractivity contribution is 6.36. The molecule has 0 saturated heterocycles. The third-order valence-corrected chi connectivity index (χ3v) is 4.40. The summed E-state index contributed by atoms with van der Waals surface area (Å²) in [5.74, 6) is 0. The molecule has 2 rings (SSSR count). The lowest BCUT2D eigenvalue weighted by atomic mass is 9.78. The Hall–Kier alpha value is -0.240.